The predicted molar refractivity (Wildman–Crippen MR) is 225 cm³/mol. The first kappa shape index (κ1) is 42.6. The highest BCUT2D eigenvalue weighted by molar-refractivity contribution is 6.33. The summed E-state index contributed by atoms with van der Waals surface area (Å²) in [4.78, 5) is 30.7. The van der Waals surface area contributed by atoms with Crippen molar-refractivity contribution in [2.75, 3.05) is 13.1 Å². The number of carbonyl (C=O) groups is 2. The lowest BCUT2D eigenvalue weighted by molar-refractivity contribution is -0.138. The van der Waals surface area contributed by atoms with Gasteiger partial charge in [0.2, 0.25) is 0 Å². The van der Waals surface area contributed by atoms with E-state index < -0.39 is 11.9 Å². The summed E-state index contributed by atoms with van der Waals surface area (Å²) in [5, 5.41) is 39.4. The number of nitrogens with one attached hydrogen (secondary N) is 2. The van der Waals surface area contributed by atoms with Crippen molar-refractivity contribution < 1.29 is 29.3 Å². The van der Waals surface area contributed by atoms with Gasteiger partial charge in [0.05, 0.1) is 15.6 Å². The van der Waals surface area contributed by atoms with Crippen molar-refractivity contribution in [2.24, 2.45) is 0 Å². The SMILES string of the molecule is Cc1c(COc2cc(OCc3cncc(C#N)c3)c(CNCCCC(=O)O)cc2Cl)cccc1-c1cccc(-c2nc3c(Cl)cc(CNCCCC(=O)O)cn3n2)c1C. The van der Waals surface area contributed by atoms with Gasteiger partial charge in [-0.25, -0.2) is 9.50 Å². The largest absolute Gasteiger partial charge is 0.488 e. The monoisotopic (exact) mass is 835 g/mol. The number of hydrogen-bond donors (Lipinski definition) is 4. The third-order valence-corrected chi connectivity index (χ3v) is 10.3. The molecule has 0 aliphatic heterocycles. The van der Waals surface area contributed by atoms with Crippen LogP contribution in [0.25, 0.3) is 28.2 Å². The summed E-state index contributed by atoms with van der Waals surface area (Å²) in [5.41, 5.74) is 9.23. The van der Waals surface area contributed by atoms with Crippen molar-refractivity contribution in [3.8, 4) is 40.1 Å². The second-order valence-electron chi connectivity index (χ2n) is 14.0. The maximum atomic E-state index is 11.0. The van der Waals surface area contributed by atoms with E-state index in [-0.39, 0.29) is 26.1 Å². The summed E-state index contributed by atoms with van der Waals surface area (Å²) in [7, 11) is 0. The minimum absolute atomic E-state index is 0.0624. The topological polar surface area (TPSA) is 184 Å². The van der Waals surface area contributed by atoms with E-state index in [0.717, 1.165) is 50.1 Å². The Morgan fingerprint density at radius 1 is 0.780 bits per heavy atom. The maximum Gasteiger partial charge on any atom is 0.303 e. The summed E-state index contributed by atoms with van der Waals surface area (Å²) in [5.74, 6) is -0.176. The van der Waals surface area contributed by atoms with E-state index in [1.807, 2.05) is 43.5 Å². The first-order chi connectivity index (χ1) is 28.5. The van der Waals surface area contributed by atoms with Crippen molar-refractivity contribution >= 4 is 40.8 Å². The molecule has 0 atom stereocenters. The Morgan fingerprint density at radius 2 is 1.46 bits per heavy atom. The van der Waals surface area contributed by atoms with Crippen molar-refractivity contribution in [2.45, 2.75) is 65.8 Å². The number of hydrogen-bond acceptors (Lipinski definition) is 10. The number of pyridine rings is 2. The Balaban J connectivity index is 1.20. The standard InChI is InChI=1S/C44H43Cl2N7O6/c1-27-32(26-59-40-18-39(58-25-31-15-29(19-47)20-50-22-31)33(17-37(40)45)23-49-14-6-12-42(56)57)7-3-8-34(27)35-9-4-10-36(28(35)2)43-51-44-38(46)16-30(24-53(44)52-43)21-48-13-5-11-41(54)55/h3-4,7-10,15-18,20,22,24,48-49H,5-6,11-14,21,23,25-26H2,1-2H3,(H,54,55)(H,56,57). The molecule has 13 nitrogen and oxygen atoms in total. The Bertz CT molecular complexity index is 2520. The first-order valence-electron chi connectivity index (χ1n) is 19.0. The number of ether oxygens (including phenoxy) is 2. The van der Waals surface area contributed by atoms with Gasteiger partial charge in [0.1, 0.15) is 30.8 Å². The zero-order valence-electron chi connectivity index (χ0n) is 32.6. The number of aliphatic carboxylic acids is 2. The molecule has 0 saturated carbocycles. The van der Waals surface area contributed by atoms with Gasteiger partial charge < -0.3 is 30.3 Å². The number of benzene rings is 3. The summed E-state index contributed by atoms with van der Waals surface area (Å²) in [6.45, 7) is 6.44. The van der Waals surface area contributed by atoms with Crippen LogP contribution in [0.3, 0.4) is 0 Å². The lowest BCUT2D eigenvalue weighted by Gasteiger charge is -2.18. The normalized spacial score (nSPS) is 11.1. The predicted octanol–water partition coefficient (Wildman–Crippen LogP) is 8.32. The van der Waals surface area contributed by atoms with Crippen molar-refractivity contribution in [3.63, 3.8) is 0 Å². The highest BCUT2D eigenvalue weighted by Gasteiger charge is 2.18. The maximum absolute atomic E-state index is 11.0. The molecule has 4 N–H and O–H groups in total. The molecule has 0 unspecified atom stereocenters. The Morgan fingerprint density at radius 3 is 2.19 bits per heavy atom. The van der Waals surface area contributed by atoms with Crippen LogP contribution >= 0.6 is 23.2 Å². The van der Waals surface area contributed by atoms with E-state index in [9.17, 15) is 14.9 Å². The van der Waals surface area contributed by atoms with Gasteiger partial charge in [0.25, 0.3) is 0 Å². The summed E-state index contributed by atoms with van der Waals surface area (Å²) < 4.78 is 14.3. The second-order valence-corrected chi connectivity index (χ2v) is 14.8. The molecule has 304 valence electrons. The summed E-state index contributed by atoms with van der Waals surface area (Å²) in [6.07, 6.45) is 6.17. The van der Waals surface area contributed by atoms with Crippen molar-refractivity contribution in [1.29, 1.82) is 5.26 Å². The third kappa shape index (κ3) is 11.1. The fourth-order valence-corrected chi connectivity index (χ4v) is 7.11. The van der Waals surface area contributed by atoms with E-state index in [2.05, 4.69) is 40.7 Å². The number of aromatic nitrogens is 4. The molecule has 0 aliphatic carbocycles. The molecule has 0 bridgehead atoms. The fourth-order valence-electron chi connectivity index (χ4n) is 6.60. The second kappa shape index (κ2) is 20.1. The van der Waals surface area contributed by atoms with E-state index in [1.54, 1.807) is 28.9 Å². The van der Waals surface area contributed by atoms with E-state index in [1.165, 1.54) is 6.20 Å². The van der Waals surface area contributed by atoms with Crippen LogP contribution in [-0.4, -0.2) is 54.8 Å². The van der Waals surface area contributed by atoms with Gasteiger partial charge >= 0.3 is 11.9 Å². The molecule has 0 radical (unpaired) electrons. The van der Waals surface area contributed by atoms with Gasteiger partial charge in [-0.2, -0.15) is 5.26 Å². The molecule has 15 heteroatoms. The van der Waals surface area contributed by atoms with Gasteiger partial charge in [0.15, 0.2) is 11.5 Å². The number of carboxylic acids is 2. The lowest BCUT2D eigenvalue weighted by Crippen LogP contribution is -2.16. The number of rotatable bonds is 20. The van der Waals surface area contributed by atoms with Crippen LogP contribution < -0.4 is 20.1 Å². The average Bonchev–Trinajstić information content (AvgIpc) is 3.65. The first-order valence-corrected chi connectivity index (χ1v) is 19.8. The molecule has 6 rings (SSSR count). The molecule has 3 heterocycles. The molecule has 3 aromatic carbocycles. The van der Waals surface area contributed by atoms with Crippen molar-refractivity contribution in [1.82, 2.24) is 30.2 Å². The van der Waals surface area contributed by atoms with Gasteiger partial charge in [-0.1, -0.05) is 59.6 Å². The Labute approximate surface area is 351 Å². The van der Waals surface area contributed by atoms with Gasteiger partial charge in [-0.15, -0.1) is 5.10 Å². The van der Waals surface area contributed by atoms with Gasteiger partial charge in [0, 0.05) is 67.3 Å². The quantitative estimate of drug-likeness (QED) is 0.0540. The van der Waals surface area contributed by atoms with Gasteiger partial charge in [-0.3, -0.25) is 14.6 Å². The Kier molecular flexibility index (Phi) is 14.5. The molecule has 0 amide bonds. The minimum Gasteiger partial charge on any atom is -0.488 e. The van der Waals surface area contributed by atoms with Crippen LogP contribution in [0.1, 0.15) is 64.6 Å². The molecule has 0 spiro atoms. The van der Waals surface area contributed by atoms with E-state index in [0.29, 0.717) is 77.6 Å². The van der Waals surface area contributed by atoms with Crippen LogP contribution in [-0.2, 0) is 35.9 Å². The molecule has 59 heavy (non-hydrogen) atoms. The molecule has 0 fully saturated rings. The molecule has 0 aliphatic rings. The average molecular weight is 837 g/mol. The Hall–Kier alpha value is -6.04. The van der Waals surface area contributed by atoms with Crippen LogP contribution in [0.4, 0.5) is 0 Å². The molecule has 0 saturated heterocycles. The van der Waals surface area contributed by atoms with Crippen LogP contribution in [0.5, 0.6) is 11.5 Å². The van der Waals surface area contributed by atoms with E-state index >= 15 is 0 Å². The third-order valence-electron chi connectivity index (χ3n) is 9.71. The number of nitrogens with zero attached hydrogens (tertiary/aromatic N) is 5. The van der Waals surface area contributed by atoms with Crippen LogP contribution in [0.2, 0.25) is 10.0 Å². The highest BCUT2D eigenvalue weighted by atomic mass is 35.5. The molecular formula is C44H43Cl2N7O6. The summed E-state index contributed by atoms with van der Waals surface area (Å²) >= 11 is 13.4. The van der Waals surface area contributed by atoms with E-state index in [4.69, 9.17) is 53.0 Å². The van der Waals surface area contributed by atoms with Crippen molar-refractivity contribution in [3.05, 3.63) is 128 Å². The zero-order chi connectivity index (χ0) is 41.9. The molecular weight excluding hydrogens is 793 g/mol. The number of nitriles is 1. The highest BCUT2D eigenvalue weighted by Crippen LogP contribution is 2.37. The summed E-state index contributed by atoms with van der Waals surface area (Å²) in [6, 6.07) is 21.3. The molecule has 3 aromatic heterocycles. The smallest absolute Gasteiger partial charge is 0.303 e. The fraction of sp³-hybridized carbons (Fsp3) is 0.273. The lowest BCUT2D eigenvalue weighted by atomic mass is 9.91. The molecule has 6 aromatic rings. The van der Waals surface area contributed by atoms with Crippen LogP contribution in [0.15, 0.2) is 79.3 Å². The zero-order valence-corrected chi connectivity index (χ0v) is 34.1. The number of halogens is 2. The number of carboxylic acid groups (broad SMARTS) is 2. The number of fused-ring (bicyclic) bond motifs is 1. The van der Waals surface area contributed by atoms with Gasteiger partial charge in [-0.05, 0) is 91.4 Å². The van der Waals surface area contributed by atoms with Crippen LogP contribution in [0, 0.1) is 25.2 Å². The minimum atomic E-state index is -0.849.